The fourth-order valence-electron chi connectivity index (χ4n) is 1.52. The molecule has 2 rings (SSSR count). The third kappa shape index (κ3) is 2.55. The molecular weight excluding hydrogens is 228 g/mol. The Morgan fingerprint density at radius 1 is 1.28 bits per heavy atom. The topological polar surface area (TPSA) is 84.8 Å². The SMILES string of the molecule is CCOc1ccc(-c2nc(N)cc(C#N)n2)cc1. The van der Waals surface area contributed by atoms with Gasteiger partial charge in [-0.3, -0.25) is 0 Å². The van der Waals surface area contributed by atoms with Crippen LogP contribution in [0.3, 0.4) is 0 Å². The molecule has 2 N–H and O–H groups in total. The van der Waals surface area contributed by atoms with Gasteiger partial charge in [0.1, 0.15) is 23.3 Å². The molecule has 0 fully saturated rings. The summed E-state index contributed by atoms with van der Waals surface area (Å²) in [4.78, 5) is 8.21. The second-order valence-electron chi connectivity index (χ2n) is 3.57. The summed E-state index contributed by atoms with van der Waals surface area (Å²) in [5.41, 5.74) is 6.67. The molecule has 0 saturated carbocycles. The maximum Gasteiger partial charge on any atom is 0.162 e. The summed E-state index contributed by atoms with van der Waals surface area (Å²) in [7, 11) is 0. The molecule has 1 aromatic carbocycles. The first-order valence-corrected chi connectivity index (χ1v) is 5.51. The number of nitrogens with two attached hydrogens (primary N) is 1. The monoisotopic (exact) mass is 240 g/mol. The highest BCUT2D eigenvalue weighted by Crippen LogP contribution is 2.20. The van der Waals surface area contributed by atoms with Crippen molar-refractivity contribution in [1.29, 1.82) is 5.26 Å². The lowest BCUT2D eigenvalue weighted by atomic mass is 10.2. The number of ether oxygens (including phenoxy) is 1. The van der Waals surface area contributed by atoms with E-state index in [4.69, 9.17) is 15.7 Å². The lowest BCUT2D eigenvalue weighted by Gasteiger charge is -2.05. The minimum atomic E-state index is 0.256. The van der Waals surface area contributed by atoms with Gasteiger partial charge in [-0.2, -0.15) is 5.26 Å². The summed E-state index contributed by atoms with van der Waals surface area (Å²) in [6.07, 6.45) is 0. The van der Waals surface area contributed by atoms with Crippen molar-refractivity contribution in [3.05, 3.63) is 36.0 Å². The number of hydrogen-bond acceptors (Lipinski definition) is 5. The predicted octanol–water partition coefficient (Wildman–Crippen LogP) is 2.00. The Balaban J connectivity index is 2.36. The summed E-state index contributed by atoms with van der Waals surface area (Å²) in [6.45, 7) is 2.54. The van der Waals surface area contributed by atoms with Crippen LogP contribution in [0.2, 0.25) is 0 Å². The highest BCUT2D eigenvalue weighted by molar-refractivity contribution is 5.58. The largest absolute Gasteiger partial charge is 0.494 e. The van der Waals surface area contributed by atoms with E-state index in [-0.39, 0.29) is 11.5 Å². The molecule has 0 amide bonds. The van der Waals surface area contributed by atoms with Crippen molar-refractivity contribution in [2.75, 3.05) is 12.3 Å². The van der Waals surface area contributed by atoms with Crippen molar-refractivity contribution in [3.8, 4) is 23.2 Å². The Morgan fingerprint density at radius 2 is 2.00 bits per heavy atom. The quantitative estimate of drug-likeness (QED) is 0.886. The Kier molecular flexibility index (Phi) is 3.39. The van der Waals surface area contributed by atoms with E-state index in [2.05, 4.69) is 9.97 Å². The molecule has 0 spiro atoms. The molecule has 18 heavy (non-hydrogen) atoms. The van der Waals surface area contributed by atoms with Crippen LogP contribution in [0.15, 0.2) is 30.3 Å². The van der Waals surface area contributed by atoms with Gasteiger partial charge in [0, 0.05) is 11.6 Å². The maximum atomic E-state index is 8.83. The van der Waals surface area contributed by atoms with E-state index in [0.717, 1.165) is 11.3 Å². The van der Waals surface area contributed by atoms with Gasteiger partial charge in [-0.15, -0.1) is 0 Å². The molecular formula is C13H12N4O. The Bertz CT molecular complexity index is 587. The summed E-state index contributed by atoms with van der Waals surface area (Å²) in [5, 5.41) is 8.83. The minimum absolute atomic E-state index is 0.256. The number of rotatable bonds is 3. The van der Waals surface area contributed by atoms with Crippen molar-refractivity contribution >= 4 is 5.82 Å². The van der Waals surface area contributed by atoms with Gasteiger partial charge in [-0.1, -0.05) is 0 Å². The Hall–Kier alpha value is -2.61. The molecule has 5 heteroatoms. The number of aromatic nitrogens is 2. The number of nitrogens with zero attached hydrogens (tertiary/aromatic N) is 3. The van der Waals surface area contributed by atoms with E-state index in [1.54, 1.807) is 0 Å². The summed E-state index contributed by atoms with van der Waals surface area (Å²) < 4.78 is 5.35. The second kappa shape index (κ2) is 5.15. The van der Waals surface area contributed by atoms with Crippen LogP contribution in [-0.4, -0.2) is 16.6 Å². The van der Waals surface area contributed by atoms with Gasteiger partial charge in [-0.25, -0.2) is 9.97 Å². The van der Waals surface area contributed by atoms with Crippen LogP contribution in [0.1, 0.15) is 12.6 Å². The molecule has 0 saturated heterocycles. The number of benzene rings is 1. The molecule has 0 aliphatic rings. The zero-order valence-electron chi connectivity index (χ0n) is 9.92. The number of nitriles is 1. The number of nitrogen functional groups attached to an aromatic ring is 1. The second-order valence-corrected chi connectivity index (χ2v) is 3.57. The summed E-state index contributed by atoms with van der Waals surface area (Å²) in [6, 6.07) is 10.7. The van der Waals surface area contributed by atoms with E-state index in [0.29, 0.717) is 12.4 Å². The first kappa shape index (κ1) is 11.9. The van der Waals surface area contributed by atoms with E-state index in [9.17, 15) is 0 Å². The van der Waals surface area contributed by atoms with Gasteiger partial charge in [0.15, 0.2) is 5.82 Å². The fourth-order valence-corrected chi connectivity index (χ4v) is 1.52. The lowest BCUT2D eigenvalue weighted by Crippen LogP contribution is -1.98. The molecule has 5 nitrogen and oxygen atoms in total. The van der Waals surface area contributed by atoms with Crippen LogP contribution in [0.25, 0.3) is 11.4 Å². The van der Waals surface area contributed by atoms with Crippen LogP contribution < -0.4 is 10.5 Å². The van der Waals surface area contributed by atoms with Gasteiger partial charge >= 0.3 is 0 Å². The minimum Gasteiger partial charge on any atom is -0.494 e. The Morgan fingerprint density at radius 3 is 2.61 bits per heavy atom. The molecule has 0 unspecified atom stereocenters. The molecule has 1 heterocycles. The van der Waals surface area contributed by atoms with Crippen LogP contribution >= 0.6 is 0 Å². The lowest BCUT2D eigenvalue weighted by molar-refractivity contribution is 0.340. The highest BCUT2D eigenvalue weighted by Gasteiger charge is 2.05. The molecule has 0 radical (unpaired) electrons. The van der Waals surface area contributed by atoms with Gasteiger partial charge in [0.25, 0.3) is 0 Å². The van der Waals surface area contributed by atoms with E-state index in [1.807, 2.05) is 37.3 Å². The molecule has 2 aromatic rings. The summed E-state index contributed by atoms with van der Waals surface area (Å²) >= 11 is 0. The normalized spacial score (nSPS) is 9.78. The third-order valence-corrected chi connectivity index (χ3v) is 2.28. The van der Waals surface area contributed by atoms with E-state index in [1.165, 1.54) is 6.07 Å². The van der Waals surface area contributed by atoms with Gasteiger partial charge < -0.3 is 10.5 Å². The van der Waals surface area contributed by atoms with Crippen molar-refractivity contribution in [1.82, 2.24) is 9.97 Å². The zero-order valence-corrected chi connectivity index (χ0v) is 9.92. The molecule has 90 valence electrons. The Labute approximate surface area is 105 Å². The predicted molar refractivity (Wildman–Crippen MR) is 67.8 cm³/mol. The molecule has 0 aliphatic carbocycles. The van der Waals surface area contributed by atoms with Crippen molar-refractivity contribution < 1.29 is 4.74 Å². The molecule has 0 atom stereocenters. The van der Waals surface area contributed by atoms with Crippen LogP contribution in [0, 0.1) is 11.3 Å². The fraction of sp³-hybridized carbons (Fsp3) is 0.154. The molecule has 0 bridgehead atoms. The van der Waals surface area contributed by atoms with Gasteiger partial charge in [-0.05, 0) is 31.2 Å². The van der Waals surface area contributed by atoms with Crippen molar-refractivity contribution in [2.24, 2.45) is 0 Å². The number of hydrogen-bond donors (Lipinski definition) is 1. The van der Waals surface area contributed by atoms with Crippen molar-refractivity contribution in [2.45, 2.75) is 6.92 Å². The van der Waals surface area contributed by atoms with Crippen molar-refractivity contribution in [3.63, 3.8) is 0 Å². The first-order valence-electron chi connectivity index (χ1n) is 5.51. The van der Waals surface area contributed by atoms with Gasteiger partial charge in [0.05, 0.1) is 6.61 Å². The average molecular weight is 240 g/mol. The molecule has 1 aromatic heterocycles. The van der Waals surface area contributed by atoms with E-state index < -0.39 is 0 Å². The van der Waals surface area contributed by atoms with Gasteiger partial charge in [0.2, 0.25) is 0 Å². The van der Waals surface area contributed by atoms with E-state index >= 15 is 0 Å². The highest BCUT2D eigenvalue weighted by atomic mass is 16.5. The standard InChI is InChI=1S/C13H12N4O/c1-2-18-11-5-3-9(4-6-11)13-16-10(8-14)7-12(15)17-13/h3-7H,2H2,1H3,(H2,15,16,17). The molecule has 0 aliphatic heterocycles. The third-order valence-electron chi connectivity index (χ3n) is 2.28. The van der Waals surface area contributed by atoms with Crippen LogP contribution in [-0.2, 0) is 0 Å². The van der Waals surface area contributed by atoms with Crippen LogP contribution in [0.5, 0.6) is 5.75 Å². The number of anilines is 1. The smallest absolute Gasteiger partial charge is 0.162 e. The maximum absolute atomic E-state index is 8.83. The first-order chi connectivity index (χ1) is 8.72. The van der Waals surface area contributed by atoms with Crippen LogP contribution in [0.4, 0.5) is 5.82 Å². The zero-order chi connectivity index (χ0) is 13.0. The average Bonchev–Trinajstić information content (AvgIpc) is 2.39. The summed E-state index contributed by atoms with van der Waals surface area (Å²) in [5.74, 6) is 1.51.